The number of carbonyl (C=O) groups excluding carboxylic acids is 1. The van der Waals surface area contributed by atoms with Crippen LogP contribution in [0.3, 0.4) is 0 Å². The lowest BCUT2D eigenvalue weighted by Crippen LogP contribution is -2.40. The number of nitrogens with zero attached hydrogens (tertiary/aromatic N) is 1. The van der Waals surface area contributed by atoms with Gasteiger partial charge >= 0.3 is 0 Å². The SMILES string of the molecule is CC(C)(C)NS(=O)(=O)c1cc(C(=O)N2CCc3sccc3C2)ccc1Cl. The first kappa shape index (κ1) is 19.4. The number of carbonyl (C=O) groups is 1. The molecule has 8 heteroatoms. The Hall–Kier alpha value is -1.41. The van der Waals surface area contributed by atoms with E-state index in [1.807, 2.05) is 11.4 Å². The van der Waals surface area contributed by atoms with Crippen molar-refractivity contribution in [1.29, 1.82) is 0 Å². The van der Waals surface area contributed by atoms with Crippen LogP contribution in [0, 0.1) is 0 Å². The number of amides is 1. The number of halogens is 1. The zero-order valence-corrected chi connectivity index (χ0v) is 17.3. The molecule has 0 radical (unpaired) electrons. The second-order valence-electron chi connectivity index (χ2n) is 7.35. The summed E-state index contributed by atoms with van der Waals surface area (Å²) in [6.07, 6.45) is 0.822. The molecule has 0 saturated heterocycles. The zero-order valence-electron chi connectivity index (χ0n) is 14.9. The van der Waals surface area contributed by atoms with Crippen LogP contribution in [0.15, 0.2) is 34.5 Å². The largest absolute Gasteiger partial charge is 0.334 e. The molecule has 3 rings (SSSR count). The van der Waals surface area contributed by atoms with Crippen LogP contribution in [-0.4, -0.2) is 31.3 Å². The lowest BCUT2D eigenvalue weighted by atomic mass is 10.1. The molecule has 26 heavy (non-hydrogen) atoms. The molecule has 5 nitrogen and oxygen atoms in total. The normalized spacial score (nSPS) is 15.0. The highest BCUT2D eigenvalue weighted by Gasteiger charge is 2.27. The van der Waals surface area contributed by atoms with Gasteiger partial charge < -0.3 is 4.90 Å². The molecule has 0 fully saturated rings. The van der Waals surface area contributed by atoms with Crippen molar-refractivity contribution < 1.29 is 13.2 Å². The van der Waals surface area contributed by atoms with Gasteiger partial charge in [0.15, 0.2) is 0 Å². The highest BCUT2D eigenvalue weighted by Crippen LogP contribution is 2.27. The fraction of sp³-hybridized carbons (Fsp3) is 0.389. The molecule has 0 aliphatic carbocycles. The van der Waals surface area contributed by atoms with Gasteiger partial charge in [-0.1, -0.05) is 11.6 Å². The van der Waals surface area contributed by atoms with Crippen LogP contribution < -0.4 is 4.72 Å². The van der Waals surface area contributed by atoms with Crippen LogP contribution in [0.2, 0.25) is 5.02 Å². The number of hydrogen-bond acceptors (Lipinski definition) is 4. The third-order valence-corrected chi connectivity index (χ3v) is 7.27. The molecule has 1 amide bonds. The molecule has 2 aromatic rings. The van der Waals surface area contributed by atoms with E-state index in [1.165, 1.54) is 17.0 Å². The molecule has 0 saturated carbocycles. The molecular weight excluding hydrogens is 392 g/mol. The maximum atomic E-state index is 12.9. The van der Waals surface area contributed by atoms with Gasteiger partial charge in [0.05, 0.1) is 5.02 Å². The predicted molar refractivity (Wildman–Crippen MR) is 104 cm³/mol. The van der Waals surface area contributed by atoms with E-state index in [2.05, 4.69) is 4.72 Å². The van der Waals surface area contributed by atoms with E-state index in [4.69, 9.17) is 11.6 Å². The minimum Gasteiger partial charge on any atom is -0.334 e. The Balaban J connectivity index is 1.89. The van der Waals surface area contributed by atoms with Gasteiger partial charge in [-0.15, -0.1) is 11.3 Å². The van der Waals surface area contributed by atoms with E-state index in [0.29, 0.717) is 18.7 Å². The molecule has 0 bridgehead atoms. The van der Waals surface area contributed by atoms with Gasteiger partial charge in [0.25, 0.3) is 5.91 Å². The van der Waals surface area contributed by atoms with Gasteiger partial charge in [-0.05, 0) is 62.4 Å². The topological polar surface area (TPSA) is 66.5 Å². The lowest BCUT2D eigenvalue weighted by Gasteiger charge is -2.27. The van der Waals surface area contributed by atoms with Crippen molar-refractivity contribution in [1.82, 2.24) is 9.62 Å². The van der Waals surface area contributed by atoms with Crippen molar-refractivity contribution >= 4 is 38.9 Å². The summed E-state index contributed by atoms with van der Waals surface area (Å²) in [5.74, 6) is -0.189. The predicted octanol–water partition coefficient (Wildman–Crippen LogP) is 3.68. The highest BCUT2D eigenvalue weighted by molar-refractivity contribution is 7.89. The van der Waals surface area contributed by atoms with Crippen LogP contribution in [0.4, 0.5) is 0 Å². The van der Waals surface area contributed by atoms with Crippen LogP contribution >= 0.6 is 22.9 Å². The summed E-state index contributed by atoms with van der Waals surface area (Å²) in [7, 11) is -3.83. The standard InChI is InChI=1S/C18H21ClN2O3S2/c1-18(2,3)20-26(23,24)16-10-12(4-5-14(16)19)17(22)21-8-6-15-13(11-21)7-9-25-15/h4-5,7,9-10,20H,6,8,11H2,1-3H3. The minimum atomic E-state index is -3.83. The Morgan fingerprint density at radius 3 is 2.69 bits per heavy atom. The van der Waals surface area contributed by atoms with Gasteiger partial charge in [0, 0.05) is 29.1 Å². The van der Waals surface area contributed by atoms with Crippen molar-refractivity contribution in [3.05, 3.63) is 50.7 Å². The van der Waals surface area contributed by atoms with Gasteiger partial charge in [-0.3, -0.25) is 4.79 Å². The summed E-state index contributed by atoms with van der Waals surface area (Å²) in [6.45, 7) is 6.42. The number of thiophene rings is 1. The molecular formula is C18H21ClN2O3S2. The van der Waals surface area contributed by atoms with E-state index in [0.717, 1.165) is 12.0 Å². The Morgan fingerprint density at radius 2 is 2.00 bits per heavy atom. The first-order chi connectivity index (χ1) is 12.1. The van der Waals surface area contributed by atoms with E-state index in [9.17, 15) is 13.2 Å². The molecule has 1 aliphatic heterocycles. The third-order valence-electron chi connectivity index (χ3n) is 4.00. The first-order valence-electron chi connectivity index (χ1n) is 8.25. The van der Waals surface area contributed by atoms with Crippen molar-refractivity contribution in [3.8, 4) is 0 Å². The Labute approximate surface area is 163 Å². The van der Waals surface area contributed by atoms with Crippen LogP contribution in [-0.2, 0) is 23.0 Å². The highest BCUT2D eigenvalue weighted by atomic mass is 35.5. The molecule has 1 aliphatic rings. The summed E-state index contributed by atoms with van der Waals surface area (Å²) in [5, 5.41) is 2.13. The first-order valence-corrected chi connectivity index (χ1v) is 11.0. The number of fused-ring (bicyclic) bond motifs is 1. The van der Waals surface area contributed by atoms with Crippen LogP contribution in [0.5, 0.6) is 0 Å². The quantitative estimate of drug-likeness (QED) is 0.836. The zero-order chi connectivity index (χ0) is 19.1. The number of hydrogen-bond donors (Lipinski definition) is 1. The third kappa shape index (κ3) is 4.11. The second kappa shape index (κ2) is 6.96. The van der Waals surface area contributed by atoms with Gasteiger partial charge in [0.2, 0.25) is 10.0 Å². The second-order valence-corrected chi connectivity index (χ2v) is 10.4. The molecule has 2 heterocycles. The van der Waals surface area contributed by atoms with Gasteiger partial charge in [0.1, 0.15) is 4.90 Å². The van der Waals surface area contributed by atoms with E-state index in [1.54, 1.807) is 43.1 Å². The average molecular weight is 413 g/mol. The van der Waals surface area contributed by atoms with Crippen molar-refractivity contribution in [2.45, 2.75) is 44.2 Å². The van der Waals surface area contributed by atoms with Crippen molar-refractivity contribution in [2.75, 3.05) is 6.54 Å². The molecule has 0 atom stereocenters. The molecule has 0 unspecified atom stereocenters. The monoisotopic (exact) mass is 412 g/mol. The van der Waals surface area contributed by atoms with Crippen LogP contribution in [0.1, 0.15) is 41.6 Å². The maximum Gasteiger partial charge on any atom is 0.254 e. The minimum absolute atomic E-state index is 0.0758. The fourth-order valence-electron chi connectivity index (χ4n) is 2.90. The Bertz CT molecular complexity index is 946. The van der Waals surface area contributed by atoms with Gasteiger partial charge in [-0.25, -0.2) is 13.1 Å². The van der Waals surface area contributed by atoms with Crippen LogP contribution in [0.25, 0.3) is 0 Å². The fourth-order valence-corrected chi connectivity index (χ4v) is 5.74. The molecule has 1 aromatic heterocycles. The average Bonchev–Trinajstić information content (AvgIpc) is 2.99. The maximum absolute atomic E-state index is 12.9. The smallest absolute Gasteiger partial charge is 0.254 e. The summed E-state index contributed by atoms with van der Waals surface area (Å²) in [5.41, 5.74) is 0.831. The van der Waals surface area contributed by atoms with E-state index in [-0.39, 0.29) is 15.8 Å². The molecule has 1 N–H and O–H groups in total. The van der Waals surface area contributed by atoms with Crippen molar-refractivity contribution in [2.24, 2.45) is 0 Å². The summed E-state index contributed by atoms with van der Waals surface area (Å²) in [4.78, 5) is 15.9. The van der Waals surface area contributed by atoms with Crippen molar-refractivity contribution in [3.63, 3.8) is 0 Å². The van der Waals surface area contributed by atoms with Gasteiger partial charge in [-0.2, -0.15) is 0 Å². The number of rotatable bonds is 3. The summed E-state index contributed by atoms with van der Waals surface area (Å²) in [6, 6.07) is 6.43. The van der Waals surface area contributed by atoms with E-state index < -0.39 is 15.6 Å². The Kier molecular flexibility index (Phi) is 5.18. The molecule has 0 spiro atoms. The lowest BCUT2D eigenvalue weighted by molar-refractivity contribution is 0.0735. The van der Waals surface area contributed by atoms with E-state index >= 15 is 0 Å². The molecule has 1 aromatic carbocycles. The number of nitrogens with one attached hydrogen (secondary N) is 1. The molecule has 140 valence electrons. The summed E-state index contributed by atoms with van der Waals surface area (Å²) < 4.78 is 27.8. The number of benzene rings is 1. The Morgan fingerprint density at radius 1 is 1.27 bits per heavy atom. The number of sulfonamides is 1. The summed E-state index contributed by atoms with van der Waals surface area (Å²) >= 11 is 7.81.